The van der Waals surface area contributed by atoms with Gasteiger partial charge in [0.2, 0.25) is 0 Å². The van der Waals surface area contributed by atoms with Crippen molar-refractivity contribution in [2.24, 2.45) is 5.10 Å². The number of amides is 1. The highest BCUT2D eigenvalue weighted by molar-refractivity contribution is 5.99. The number of anilines is 1. The van der Waals surface area contributed by atoms with E-state index in [9.17, 15) is 22.8 Å². The van der Waals surface area contributed by atoms with E-state index in [1.165, 1.54) is 42.9 Å². The largest absolute Gasteiger partial charge is 0.452 e. The Morgan fingerprint density at radius 3 is 2.40 bits per heavy atom. The van der Waals surface area contributed by atoms with Crippen LogP contribution in [0.25, 0.3) is 11.0 Å². The van der Waals surface area contributed by atoms with Gasteiger partial charge in [0.1, 0.15) is 0 Å². The van der Waals surface area contributed by atoms with Crippen molar-refractivity contribution in [2.75, 3.05) is 11.6 Å². The molecule has 35 heavy (non-hydrogen) atoms. The summed E-state index contributed by atoms with van der Waals surface area (Å²) < 4.78 is 44.8. The highest BCUT2D eigenvalue weighted by Gasteiger charge is 2.31. The summed E-state index contributed by atoms with van der Waals surface area (Å²) in [4.78, 5) is 33.6. The summed E-state index contributed by atoms with van der Waals surface area (Å²) >= 11 is 0. The molecule has 0 saturated heterocycles. The number of aromatic nitrogens is 2. The molecule has 0 N–H and O–H groups in total. The standard InChI is InChI=1S/C25H17F3N4O3/c26-25(27,28)19-7-4-8-20(14-19)32(31-15-17-5-2-1-3-6-17)23(33)16-35-24(34)18-9-10-21-22(13-18)30-12-11-29-21/h1-15H,16H2/b31-15+. The van der Waals surface area contributed by atoms with Crippen molar-refractivity contribution in [3.05, 3.63) is 102 Å². The number of alkyl halides is 3. The first-order chi connectivity index (χ1) is 16.8. The van der Waals surface area contributed by atoms with E-state index in [1.54, 1.807) is 36.4 Å². The highest BCUT2D eigenvalue weighted by atomic mass is 19.4. The summed E-state index contributed by atoms with van der Waals surface area (Å²) in [6.45, 7) is -0.750. The van der Waals surface area contributed by atoms with Gasteiger partial charge < -0.3 is 4.74 Å². The van der Waals surface area contributed by atoms with Crippen molar-refractivity contribution >= 4 is 34.8 Å². The van der Waals surface area contributed by atoms with Gasteiger partial charge in [-0.3, -0.25) is 14.8 Å². The SMILES string of the molecule is O=C(OCC(=O)N(/N=C/c1ccccc1)c1cccc(C(F)(F)F)c1)c1ccc2nccnc2c1. The maximum Gasteiger partial charge on any atom is 0.416 e. The zero-order chi connectivity index (χ0) is 24.8. The number of carbonyl (C=O) groups excluding carboxylic acids is 2. The van der Waals surface area contributed by atoms with Gasteiger partial charge in [0, 0.05) is 12.4 Å². The van der Waals surface area contributed by atoms with Crippen molar-refractivity contribution in [1.29, 1.82) is 0 Å². The van der Waals surface area contributed by atoms with E-state index in [4.69, 9.17) is 4.74 Å². The number of esters is 1. The van der Waals surface area contributed by atoms with Crippen molar-refractivity contribution in [3.8, 4) is 0 Å². The monoisotopic (exact) mass is 478 g/mol. The van der Waals surface area contributed by atoms with Crippen molar-refractivity contribution in [1.82, 2.24) is 9.97 Å². The van der Waals surface area contributed by atoms with Gasteiger partial charge in [0.25, 0.3) is 5.91 Å². The van der Waals surface area contributed by atoms with Gasteiger partial charge in [-0.25, -0.2) is 4.79 Å². The first-order valence-electron chi connectivity index (χ1n) is 10.3. The van der Waals surface area contributed by atoms with Gasteiger partial charge in [-0.15, -0.1) is 0 Å². The lowest BCUT2D eigenvalue weighted by molar-refractivity contribution is -0.137. The maximum absolute atomic E-state index is 13.2. The smallest absolute Gasteiger partial charge is 0.416 e. The molecule has 0 bridgehead atoms. The molecule has 1 amide bonds. The second-order valence-electron chi connectivity index (χ2n) is 7.24. The van der Waals surface area contributed by atoms with Gasteiger partial charge in [0.15, 0.2) is 6.61 Å². The van der Waals surface area contributed by atoms with E-state index < -0.39 is 30.2 Å². The van der Waals surface area contributed by atoms with Crippen LogP contribution in [0.3, 0.4) is 0 Å². The number of ether oxygens (including phenoxy) is 1. The van der Waals surface area contributed by atoms with E-state index in [-0.39, 0.29) is 11.3 Å². The molecule has 0 spiro atoms. The molecular weight excluding hydrogens is 461 g/mol. The number of nitrogens with zero attached hydrogens (tertiary/aromatic N) is 4. The van der Waals surface area contributed by atoms with Gasteiger partial charge in [0.05, 0.1) is 34.1 Å². The number of rotatable bonds is 6. The summed E-state index contributed by atoms with van der Waals surface area (Å²) in [5, 5.41) is 4.83. The molecule has 0 aliphatic carbocycles. The number of hydrazone groups is 1. The summed E-state index contributed by atoms with van der Waals surface area (Å²) in [5.41, 5.74) is 0.721. The second-order valence-corrected chi connectivity index (χ2v) is 7.24. The average Bonchev–Trinajstić information content (AvgIpc) is 2.87. The van der Waals surface area contributed by atoms with E-state index in [0.717, 1.165) is 17.1 Å². The Labute approximate surface area is 197 Å². The first-order valence-corrected chi connectivity index (χ1v) is 10.3. The minimum Gasteiger partial charge on any atom is -0.452 e. The summed E-state index contributed by atoms with van der Waals surface area (Å²) in [6, 6.07) is 17.4. The van der Waals surface area contributed by atoms with E-state index in [2.05, 4.69) is 15.1 Å². The van der Waals surface area contributed by atoms with Crippen LogP contribution in [0.1, 0.15) is 21.5 Å². The Bertz CT molecular complexity index is 1390. The van der Waals surface area contributed by atoms with Crippen LogP contribution in [0, 0.1) is 0 Å². The van der Waals surface area contributed by atoms with Gasteiger partial charge in [-0.05, 0) is 42.0 Å². The van der Waals surface area contributed by atoms with Gasteiger partial charge in [-0.1, -0.05) is 36.4 Å². The minimum absolute atomic E-state index is 0.131. The number of benzene rings is 3. The van der Waals surface area contributed by atoms with Crippen LogP contribution < -0.4 is 5.01 Å². The number of fused-ring (bicyclic) bond motifs is 1. The quantitative estimate of drug-likeness (QED) is 0.224. The van der Waals surface area contributed by atoms with Crippen LogP contribution in [0.15, 0.2) is 90.3 Å². The molecule has 176 valence electrons. The molecular formula is C25H17F3N4O3. The van der Waals surface area contributed by atoms with Crippen LogP contribution in [-0.4, -0.2) is 34.7 Å². The first kappa shape index (κ1) is 23.6. The minimum atomic E-state index is -4.61. The molecule has 0 fully saturated rings. The fourth-order valence-corrected chi connectivity index (χ4v) is 3.11. The predicted octanol–water partition coefficient (Wildman–Crippen LogP) is 4.87. The molecule has 4 aromatic rings. The van der Waals surface area contributed by atoms with Crippen LogP contribution in [0.5, 0.6) is 0 Å². The van der Waals surface area contributed by atoms with Crippen LogP contribution in [0.4, 0.5) is 18.9 Å². The molecule has 0 aliphatic heterocycles. The lowest BCUT2D eigenvalue weighted by atomic mass is 10.2. The van der Waals surface area contributed by atoms with E-state index in [0.29, 0.717) is 16.6 Å². The Morgan fingerprint density at radius 1 is 0.914 bits per heavy atom. The van der Waals surface area contributed by atoms with Crippen LogP contribution in [0.2, 0.25) is 0 Å². The molecule has 1 aromatic heterocycles. The molecule has 0 atom stereocenters. The summed E-state index contributed by atoms with van der Waals surface area (Å²) in [5.74, 6) is -1.65. The normalized spacial score (nSPS) is 11.5. The molecule has 1 heterocycles. The van der Waals surface area contributed by atoms with Crippen molar-refractivity contribution in [3.63, 3.8) is 0 Å². The fourth-order valence-electron chi connectivity index (χ4n) is 3.11. The molecule has 3 aromatic carbocycles. The molecule has 0 aliphatic rings. The number of hydrogen-bond donors (Lipinski definition) is 0. The molecule has 4 rings (SSSR count). The Hall–Kier alpha value is -4.60. The number of halogens is 3. The third-order valence-electron chi connectivity index (χ3n) is 4.81. The molecule has 7 nitrogen and oxygen atoms in total. The third kappa shape index (κ3) is 5.85. The van der Waals surface area contributed by atoms with Crippen LogP contribution in [-0.2, 0) is 15.7 Å². The summed E-state index contributed by atoms with van der Waals surface area (Å²) in [6.07, 6.45) is -0.308. The maximum atomic E-state index is 13.2. The molecule has 0 saturated carbocycles. The number of carbonyl (C=O) groups is 2. The summed E-state index contributed by atoms with van der Waals surface area (Å²) in [7, 11) is 0. The third-order valence-corrected chi connectivity index (χ3v) is 4.81. The zero-order valence-electron chi connectivity index (χ0n) is 18.0. The molecule has 10 heteroatoms. The fraction of sp³-hybridized carbons (Fsp3) is 0.0800. The predicted molar refractivity (Wildman–Crippen MR) is 123 cm³/mol. The Morgan fingerprint density at radius 2 is 1.66 bits per heavy atom. The van der Waals surface area contributed by atoms with Crippen molar-refractivity contribution in [2.45, 2.75) is 6.18 Å². The molecule has 0 radical (unpaired) electrons. The number of hydrogen-bond acceptors (Lipinski definition) is 6. The lowest BCUT2D eigenvalue weighted by Gasteiger charge is -2.18. The Balaban J connectivity index is 1.55. The lowest BCUT2D eigenvalue weighted by Crippen LogP contribution is -2.31. The van der Waals surface area contributed by atoms with E-state index >= 15 is 0 Å². The van der Waals surface area contributed by atoms with E-state index in [1.807, 2.05) is 0 Å². The zero-order valence-corrected chi connectivity index (χ0v) is 18.0. The highest BCUT2D eigenvalue weighted by Crippen LogP contribution is 2.31. The topological polar surface area (TPSA) is 84.8 Å². The average molecular weight is 478 g/mol. The van der Waals surface area contributed by atoms with Crippen molar-refractivity contribution < 1.29 is 27.5 Å². The molecule has 0 unspecified atom stereocenters. The van der Waals surface area contributed by atoms with Gasteiger partial charge in [-0.2, -0.15) is 23.3 Å². The van der Waals surface area contributed by atoms with Crippen LogP contribution >= 0.6 is 0 Å². The second kappa shape index (κ2) is 10.1. The van der Waals surface area contributed by atoms with Gasteiger partial charge >= 0.3 is 12.1 Å². The Kier molecular flexibility index (Phi) is 6.81.